The molecular weight excluding hydrogens is 224 g/mol. The lowest BCUT2D eigenvalue weighted by Crippen LogP contribution is -2.37. The van der Waals surface area contributed by atoms with Gasteiger partial charge in [-0.25, -0.2) is 0 Å². The molecule has 0 saturated carbocycles. The van der Waals surface area contributed by atoms with Gasteiger partial charge in [-0.3, -0.25) is 14.5 Å². The molecule has 0 heterocycles. The van der Waals surface area contributed by atoms with Gasteiger partial charge in [0, 0.05) is 20.1 Å². The van der Waals surface area contributed by atoms with E-state index >= 15 is 0 Å². The lowest BCUT2D eigenvalue weighted by molar-refractivity contribution is -0.140. The van der Waals surface area contributed by atoms with Gasteiger partial charge < -0.3 is 14.8 Å². The predicted octanol–water partition coefficient (Wildman–Crippen LogP) is -0.366. The normalized spacial score (nSPS) is 10.4. The number of amides is 1. The Kier molecular flexibility index (Phi) is 9.37. The quantitative estimate of drug-likeness (QED) is 0.444. The second-order valence-corrected chi connectivity index (χ2v) is 3.76. The van der Waals surface area contributed by atoms with Crippen LogP contribution in [0.25, 0.3) is 0 Å². The van der Waals surface area contributed by atoms with E-state index in [0.29, 0.717) is 39.1 Å². The van der Waals surface area contributed by atoms with Gasteiger partial charge in [0.25, 0.3) is 0 Å². The molecule has 0 unspecified atom stereocenters. The summed E-state index contributed by atoms with van der Waals surface area (Å²) in [5, 5.41) is 2.73. The molecular formula is C11H22N2O4. The van der Waals surface area contributed by atoms with Crippen molar-refractivity contribution >= 4 is 11.9 Å². The molecule has 100 valence electrons. The van der Waals surface area contributed by atoms with Crippen molar-refractivity contribution in [2.75, 3.05) is 47.5 Å². The van der Waals surface area contributed by atoms with Crippen LogP contribution in [0, 0.1) is 0 Å². The molecule has 1 amide bonds. The van der Waals surface area contributed by atoms with E-state index < -0.39 is 0 Å². The monoisotopic (exact) mass is 246 g/mol. The Morgan fingerprint density at radius 3 is 2.59 bits per heavy atom. The maximum atomic E-state index is 11.4. The summed E-state index contributed by atoms with van der Waals surface area (Å²) < 4.78 is 9.35. The number of esters is 1. The standard InChI is InChI=1S/C11H22N2O4/c1-13(7-4-5-11(15)17-3)9-10(14)12-6-8-16-2/h4-9H2,1-3H3,(H,12,14). The molecule has 0 spiro atoms. The van der Waals surface area contributed by atoms with Crippen molar-refractivity contribution in [3.05, 3.63) is 0 Å². The largest absolute Gasteiger partial charge is 0.469 e. The van der Waals surface area contributed by atoms with Crippen LogP contribution in [0.4, 0.5) is 0 Å². The fraction of sp³-hybridized carbons (Fsp3) is 0.818. The van der Waals surface area contributed by atoms with Crippen molar-refractivity contribution in [3.63, 3.8) is 0 Å². The number of methoxy groups -OCH3 is 2. The first kappa shape index (κ1) is 15.9. The molecule has 0 aromatic rings. The van der Waals surface area contributed by atoms with Crippen LogP contribution in [-0.4, -0.2) is 64.3 Å². The highest BCUT2D eigenvalue weighted by atomic mass is 16.5. The van der Waals surface area contributed by atoms with Gasteiger partial charge in [-0.05, 0) is 20.0 Å². The smallest absolute Gasteiger partial charge is 0.305 e. The zero-order valence-corrected chi connectivity index (χ0v) is 10.8. The lowest BCUT2D eigenvalue weighted by Gasteiger charge is -2.15. The highest BCUT2D eigenvalue weighted by Crippen LogP contribution is 1.94. The molecule has 0 aromatic heterocycles. The molecule has 0 fully saturated rings. The first-order chi connectivity index (χ1) is 8.10. The molecule has 0 radical (unpaired) electrons. The average molecular weight is 246 g/mol. The minimum absolute atomic E-state index is 0.0392. The Morgan fingerprint density at radius 1 is 1.29 bits per heavy atom. The molecule has 0 aliphatic heterocycles. The number of carbonyl (C=O) groups is 2. The third-order valence-electron chi connectivity index (χ3n) is 2.19. The minimum atomic E-state index is -0.219. The third kappa shape index (κ3) is 9.77. The molecule has 0 saturated heterocycles. The van der Waals surface area contributed by atoms with Crippen molar-refractivity contribution in [2.24, 2.45) is 0 Å². The number of carbonyl (C=O) groups excluding carboxylic acids is 2. The van der Waals surface area contributed by atoms with Crippen LogP contribution < -0.4 is 5.32 Å². The van der Waals surface area contributed by atoms with Crippen LogP contribution in [0.3, 0.4) is 0 Å². The van der Waals surface area contributed by atoms with Gasteiger partial charge in [0.1, 0.15) is 0 Å². The van der Waals surface area contributed by atoms with Crippen molar-refractivity contribution < 1.29 is 19.1 Å². The third-order valence-corrected chi connectivity index (χ3v) is 2.19. The zero-order valence-electron chi connectivity index (χ0n) is 10.8. The summed E-state index contributed by atoms with van der Waals surface area (Å²) >= 11 is 0. The van der Waals surface area contributed by atoms with Gasteiger partial charge in [-0.2, -0.15) is 0 Å². The van der Waals surface area contributed by atoms with E-state index in [1.54, 1.807) is 7.11 Å². The van der Waals surface area contributed by atoms with E-state index in [0.717, 1.165) is 0 Å². The van der Waals surface area contributed by atoms with Crippen LogP contribution >= 0.6 is 0 Å². The molecule has 0 atom stereocenters. The summed E-state index contributed by atoms with van der Waals surface area (Å²) in [5.74, 6) is -0.259. The number of rotatable bonds is 9. The molecule has 0 aliphatic rings. The molecule has 1 N–H and O–H groups in total. The second kappa shape index (κ2) is 10.0. The van der Waals surface area contributed by atoms with Crippen LogP contribution in [0.1, 0.15) is 12.8 Å². The summed E-state index contributed by atoms with van der Waals surface area (Å²) in [7, 11) is 4.80. The van der Waals surface area contributed by atoms with Gasteiger partial charge in [0.05, 0.1) is 20.3 Å². The molecule has 0 rings (SSSR count). The van der Waals surface area contributed by atoms with E-state index in [1.807, 2.05) is 11.9 Å². The Hall–Kier alpha value is -1.14. The second-order valence-electron chi connectivity index (χ2n) is 3.76. The Labute approximate surface area is 102 Å². The number of likely N-dealkylation sites (N-methyl/N-ethyl adjacent to an activating group) is 1. The van der Waals surface area contributed by atoms with E-state index in [4.69, 9.17) is 4.74 Å². The van der Waals surface area contributed by atoms with Gasteiger partial charge in [-0.1, -0.05) is 0 Å². The van der Waals surface area contributed by atoms with Crippen LogP contribution in [0.15, 0.2) is 0 Å². The van der Waals surface area contributed by atoms with Crippen molar-refractivity contribution in [2.45, 2.75) is 12.8 Å². The number of hydrogen-bond acceptors (Lipinski definition) is 5. The first-order valence-corrected chi connectivity index (χ1v) is 5.61. The molecule has 0 aromatic carbocycles. The summed E-state index contributed by atoms with van der Waals surface area (Å²) in [5.41, 5.74) is 0. The topological polar surface area (TPSA) is 67.9 Å². The van der Waals surface area contributed by atoms with E-state index in [1.165, 1.54) is 7.11 Å². The summed E-state index contributed by atoms with van der Waals surface area (Å²) in [6.45, 7) is 2.04. The van der Waals surface area contributed by atoms with E-state index in [9.17, 15) is 9.59 Å². The van der Waals surface area contributed by atoms with Crippen LogP contribution in [0.5, 0.6) is 0 Å². The highest BCUT2D eigenvalue weighted by molar-refractivity contribution is 5.77. The molecule has 0 bridgehead atoms. The lowest BCUT2D eigenvalue weighted by atomic mass is 10.3. The Balaban J connectivity index is 3.53. The van der Waals surface area contributed by atoms with Crippen molar-refractivity contribution in [1.29, 1.82) is 0 Å². The predicted molar refractivity (Wildman–Crippen MR) is 63.6 cm³/mol. The van der Waals surface area contributed by atoms with Gasteiger partial charge >= 0.3 is 5.97 Å². The van der Waals surface area contributed by atoms with Crippen molar-refractivity contribution in [1.82, 2.24) is 10.2 Å². The fourth-order valence-electron chi connectivity index (χ4n) is 1.27. The number of hydrogen-bond donors (Lipinski definition) is 1. The molecule has 0 aliphatic carbocycles. The van der Waals surface area contributed by atoms with Gasteiger partial charge in [-0.15, -0.1) is 0 Å². The summed E-state index contributed by atoms with van der Waals surface area (Å²) in [6.07, 6.45) is 1.07. The number of nitrogens with one attached hydrogen (secondary N) is 1. The Morgan fingerprint density at radius 2 is 2.00 bits per heavy atom. The SMILES string of the molecule is COCCNC(=O)CN(C)CCCC(=O)OC. The van der Waals surface area contributed by atoms with Crippen molar-refractivity contribution in [3.8, 4) is 0 Å². The Bertz CT molecular complexity index is 234. The van der Waals surface area contributed by atoms with Gasteiger partial charge in [0.2, 0.25) is 5.91 Å². The molecule has 6 heteroatoms. The first-order valence-electron chi connectivity index (χ1n) is 5.61. The van der Waals surface area contributed by atoms with Crippen LogP contribution in [0.2, 0.25) is 0 Å². The molecule has 17 heavy (non-hydrogen) atoms. The van der Waals surface area contributed by atoms with E-state index in [-0.39, 0.29) is 11.9 Å². The number of nitrogens with zero attached hydrogens (tertiary/aromatic N) is 1. The summed E-state index contributed by atoms with van der Waals surface area (Å²) in [4.78, 5) is 24.1. The van der Waals surface area contributed by atoms with E-state index in [2.05, 4.69) is 10.1 Å². The number of ether oxygens (including phenoxy) is 2. The maximum absolute atomic E-state index is 11.4. The fourth-order valence-corrected chi connectivity index (χ4v) is 1.27. The average Bonchev–Trinajstić information content (AvgIpc) is 2.29. The minimum Gasteiger partial charge on any atom is -0.469 e. The zero-order chi connectivity index (χ0) is 13.1. The van der Waals surface area contributed by atoms with Crippen LogP contribution in [-0.2, 0) is 19.1 Å². The van der Waals surface area contributed by atoms with Gasteiger partial charge in [0.15, 0.2) is 0 Å². The maximum Gasteiger partial charge on any atom is 0.305 e. The highest BCUT2D eigenvalue weighted by Gasteiger charge is 2.07. The molecule has 6 nitrogen and oxygen atoms in total. The summed E-state index contributed by atoms with van der Waals surface area (Å²) in [6, 6.07) is 0.